The molecule has 1 aliphatic rings. The summed E-state index contributed by atoms with van der Waals surface area (Å²) < 4.78 is 91.2. The van der Waals surface area contributed by atoms with Gasteiger partial charge in [0.1, 0.15) is 12.4 Å². The number of amides is 1. The lowest BCUT2D eigenvalue weighted by atomic mass is 10.1. The molecule has 1 atom stereocenters. The Morgan fingerprint density at radius 1 is 1.17 bits per heavy atom. The van der Waals surface area contributed by atoms with Gasteiger partial charge in [0.15, 0.2) is 26.7 Å². The van der Waals surface area contributed by atoms with Gasteiger partial charge in [-0.2, -0.15) is 27.5 Å². The standard InChI is InChI=1S/C20H22F4N4O6S/c1-11-14(4-5-15(27-11)35(3,30)31)34-18-16(21)17(25-10-26-18)33-13-6-8-28(9-7-13)19(29)32-12(2)20(22,23)24/h4-5,10,12-13H,6-9H2,1-3H3/t12-/m0/s1. The number of halogens is 4. The number of aryl methyl sites for hydroxylation is 1. The van der Waals surface area contributed by atoms with Gasteiger partial charge in [-0.15, -0.1) is 0 Å². The van der Waals surface area contributed by atoms with Crippen LogP contribution in [0.5, 0.6) is 17.5 Å². The van der Waals surface area contributed by atoms with E-state index in [1.54, 1.807) is 0 Å². The number of aromatic nitrogens is 3. The summed E-state index contributed by atoms with van der Waals surface area (Å²) in [4.78, 5) is 24.4. The number of ether oxygens (including phenoxy) is 3. The Morgan fingerprint density at radius 3 is 2.37 bits per heavy atom. The lowest BCUT2D eigenvalue weighted by Gasteiger charge is -2.32. The molecule has 1 amide bonds. The summed E-state index contributed by atoms with van der Waals surface area (Å²) in [6.07, 6.45) is -6.16. The number of likely N-dealkylation sites (tertiary alicyclic amines) is 1. The molecule has 10 nitrogen and oxygen atoms in total. The quantitative estimate of drug-likeness (QED) is 0.525. The largest absolute Gasteiger partial charge is 0.472 e. The van der Waals surface area contributed by atoms with Crippen LogP contribution in [0.25, 0.3) is 0 Å². The highest BCUT2D eigenvalue weighted by Crippen LogP contribution is 2.30. The molecule has 0 aliphatic carbocycles. The van der Waals surface area contributed by atoms with Crippen LogP contribution in [0.3, 0.4) is 0 Å². The molecule has 2 aromatic heterocycles. The lowest BCUT2D eigenvalue weighted by Crippen LogP contribution is -2.44. The number of carbonyl (C=O) groups excluding carboxylic acids is 1. The maximum Gasteiger partial charge on any atom is 0.425 e. The fourth-order valence-electron chi connectivity index (χ4n) is 3.04. The van der Waals surface area contributed by atoms with E-state index in [-0.39, 0.29) is 42.4 Å². The van der Waals surface area contributed by atoms with E-state index in [4.69, 9.17) is 9.47 Å². The Labute approximate surface area is 198 Å². The van der Waals surface area contributed by atoms with E-state index in [0.29, 0.717) is 0 Å². The average molecular weight is 522 g/mol. The fourth-order valence-corrected chi connectivity index (χ4v) is 3.66. The van der Waals surface area contributed by atoms with Crippen molar-refractivity contribution in [3.05, 3.63) is 30.0 Å². The maximum atomic E-state index is 14.9. The first-order chi connectivity index (χ1) is 16.3. The van der Waals surface area contributed by atoms with Gasteiger partial charge in [-0.05, 0) is 26.0 Å². The highest BCUT2D eigenvalue weighted by Gasteiger charge is 2.40. The second-order valence-corrected chi connectivity index (χ2v) is 9.74. The summed E-state index contributed by atoms with van der Waals surface area (Å²) in [6, 6.07) is 2.53. The van der Waals surface area contributed by atoms with Gasteiger partial charge in [-0.3, -0.25) is 0 Å². The minimum atomic E-state index is -4.66. The van der Waals surface area contributed by atoms with E-state index in [1.807, 2.05) is 0 Å². The molecule has 15 heteroatoms. The number of piperidine rings is 1. The van der Waals surface area contributed by atoms with E-state index < -0.39 is 51.9 Å². The molecule has 0 bridgehead atoms. The van der Waals surface area contributed by atoms with E-state index in [0.717, 1.165) is 24.4 Å². The second kappa shape index (κ2) is 10.2. The summed E-state index contributed by atoms with van der Waals surface area (Å²) in [7, 11) is -3.54. The number of alkyl halides is 3. The van der Waals surface area contributed by atoms with Gasteiger partial charge >= 0.3 is 12.3 Å². The Bertz CT molecular complexity index is 1190. The number of rotatable bonds is 6. The number of nitrogens with zero attached hydrogens (tertiary/aromatic N) is 4. The topological polar surface area (TPSA) is 121 Å². The van der Waals surface area contributed by atoms with Crippen LogP contribution < -0.4 is 9.47 Å². The number of carbonyl (C=O) groups is 1. The minimum Gasteiger partial charge on any atom is -0.472 e. The van der Waals surface area contributed by atoms with Crippen LogP contribution in [0.15, 0.2) is 23.5 Å². The predicted octanol–water partition coefficient (Wildman–Crippen LogP) is 3.45. The molecular weight excluding hydrogens is 500 g/mol. The van der Waals surface area contributed by atoms with Crippen LogP contribution in [0.1, 0.15) is 25.5 Å². The maximum absolute atomic E-state index is 14.9. The lowest BCUT2D eigenvalue weighted by molar-refractivity contribution is -0.200. The Morgan fingerprint density at radius 2 is 1.80 bits per heavy atom. The zero-order valence-corrected chi connectivity index (χ0v) is 19.7. The molecule has 1 fully saturated rings. The van der Waals surface area contributed by atoms with Crippen molar-refractivity contribution in [3.8, 4) is 17.5 Å². The van der Waals surface area contributed by atoms with Crippen molar-refractivity contribution in [3.63, 3.8) is 0 Å². The molecule has 0 saturated carbocycles. The second-order valence-electron chi connectivity index (χ2n) is 7.78. The first-order valence-corrected chi connectivity index (χ1v) is 12.2. The number of hydrogen-bond donors (Lipinski definition) is 0. The molecular formula is C20H22F4N4O6S. The monoisotopic (exact) mass is 522 g/mol. The normalized spacial score (nSPS) is 16.0. The molecule has 2 aromatic rings. The number of pyridine rings is 1. The molecule has 0 radical (unpaired) electrons. The van der Waals surface area contributed by atoms with E-state index >= 15 is 0 Å². The minimum absolute atomic E-state index is 0.0433. The van der Waals surface area contributed by atoms with E-state index in [1.165, 1.54) is 19.1 Å². The first kappa shape index (κ1) is 26.4. The van der Waals surface area contributed by atoms with Gasteiger partial charge in [0.05, 0.1) is 5.69 Å². The average Bonchev–Trinajstić information content (AvgIpc) is 2.76. The van der Waals surface area contributed by atoms with E-state index in [9.17, 15) is 30.8 Å². The smallest absolute Gasteiger partial charge is 0.425 e. The van der Waals surface area contributed by atoms with Crippen LogP contribution in [-0.4, -0.2) is 72.1 Å². The fraction of sp³-hybridized carbons (Fsp3) is 0.500. The molecule has 0 unspecified atom stereocenters. The van der Waals surface area contributed by atoms with Gasteiger partial charge in [-0.25, -0.2) is 18.2 Å². The summed E-state index contributed by atoms with van der Waals surface area (Å²) in [5.41, 5.74) is 0.188. The van der Waals surface area contributed by atoms with Crippen LogP contribution >= 0.6 is 0 Å². The number of hydrogen-bond acceptors (Lipinski definition) is 9. The first-order valence-electron chi connectivity index (χ1n) is 10.3. The molecule has 1 aliphatic heterocycles. The third-order valence-corrected chi connectivity index (χ3v) is 6.03. The van der Waals surface area contributed by atoms with Gasteiger partial charge in [0, 0.05) is 32.2 Å². The molecule has 3 rings (SSSR count). The van der Waals surface area contributed by atoms with Gasteiger partial charge < -0.3 is 19.1 Å². The molecule has 1 saturated heterocycles. The van der Waals surface area contributed by atoms with Crippen molar-refractivity contribution in [1.82, 2.24) is 19.9 Å². The molecule has 192 valence electrons. The van der Waals surface area contributed by atoms with Gasteiger partial charge in [0.25, 0.3) is 11.8 Å². The van der Waals surface area contributed by atoms with Crippen molar-refractivity contribution < 1.29 is 45.0 Å². The van der Waals surface area contributed by atoms with Gasteiger partial charge in [-0.1, -0.05) is 0 Å². The van der Waals surface area contributed by atoms with Crippen LogP contribution in [0, 0.1) is 12.7 Å². The van der Waals surface area contributed by atoms with Crippen molar-refractivity contribution in [2.45, 2.75) is 50.1 Å². The van der Waals surface area contributed by atoms with Crippen molar-refractivity contribution in [2.75, 3.05) is 19.3 Å². The van der Waals surface area contributed by atoms with Crippen LogP contribution in [-0.2, 0) is 14.6 Å². The third kappa shape index (κ3) is 6.68. The summed E-state index contributed by atoms with van der Waals surface area (Å²) in [6.45, 7) is 2.31. The summed E-state index contributed by atoms with van der Waals surface area (Å²) >= 11 is 0. The predicted molar refractivity (Wildman–Crippen MR) is 111 cm³/mol. The molecule has 35 heavy (non-hydrogen) atoms. The molecule has 0 N–H and O–H groups in total. The zero-order chi connectivity index (χ0) is 26.0. The summed E-state index contributed by atoms with van der Waals surface area (Å²) in [5, 5.41) is -0.169. The van der Waals surface area contributed by atoms with Crippen molar-refractivity contribution >= 4 is 15.9 Å². The SMILES string of the molecule is Cc1nc(S(C)(=O)=O)ccc1Oc1ncnc(OC2CCN(C(=O)O[C@@H](C)C(F)(F)F)CC2)c1F. The van der Waals surface area contributed by atoms with Crippen LogP contribution in [0.2, 0.25) is 0 Å². The molecule has 0 aromatic carbocycles. The number of sulfone groups is 1. The van der Waals surface area contributed by atoms with Crippen molar-refractivity contribution in [1.29, 1.82) is 0 Å². The zero-order valence-electron chi connectivity index (χ0n) is 18.9. The van der Waals surface area contributed by atoms with Gasteiger partial charge in [0.2, 0.25) is 5.82 Å². The van der Waals surface area contributed by atoms with E-state index in [2.05, 4.69) is 19.7 Å². The third-order valence-electron chi connectivity index (χ3n) is 5.04. The Balaban J connectivity index is 1.62. The Hall–Kier alpha value is -3.23. The van der Waals surface area contributed by atoms with Crippen molar-refractivity contribution in [2.24, 2.45) is 0 Å². The van der Waals surface area contributed by atoms with Crippen LogP contribution in [0.4, 0.5) is 22.4 Å². The Kier molecular flexibility index (Phi) is 7.67. The highest BCUT2D eigenvalue weighted by atomic mass is 32.2. The summed E-state index contributed by atoms with van der Waals surface area (Å²) in [5.74, 6) is -1.84. The molecule has 0 spiro atoms. The highest BCUT2D eigenvalue weighted by molar-refractivity contribution is 7.90. The molecule has 3 heterocycles.